The largest absolute Gasteiger partial charge is 0.374 e. The number of nitrogens with one attached hydrogen (secondary N) is 2. The molecule has 0 fully saturated rings. The van der Waals surface area contributed by atoms with Gasteiger partial charge in [0.25, 0.3) is 5.91 Å². The Balaban J connectivity index is 1.33. The fourth-order valence-electron chi connectivity index (χ4n) is 3.50. The zero-order valence-electron chi connectivity index (χ0n) is 17.0. The summed E-state index contributed by atoms with van der Waals surface area (Å²) in [6.07, 6.45) is 8.98. The van der Waals surface area contributed by atoms with E-state index in [-0.39, 0.29) is 5.91 Å². The number of likely N-dealkylation sites (N-methyl/N-ethyl adjacent to an activating group) is 1. The van der Waals surface area contributed by atoms with Crippen molar-refractivity contribution in [2.45, 2.75) is 12.8 Å². The number of aromatic amines is 1. The van der Waals surface area contributed by atoms with Gasteiger partial charge in [-0.3, -0.25) is 14.8 Å². The zero-order chi connectivity index (χ0) is 20.8. The molecule has 30 heavy (non-hydrogen) atoms. The van der Waals surface area contributed by atoms with Crippen LogP contribution in [0.25, 0.3) is 10.9 Å². The van der Waals surface area contributed by atoms with E-state index in [0.717, 1.165) is 30.6 Å². The van der Waals surface area contributed by atoms with E-state index in [1.54, 1.807) is 18.6 Å². The molecule has 3 heterocycles. The topological polar surface area (TPSA) is 73.9 Å². The average molecular weight is 399 g/mol. The van der Waals surface area contributed by atoms with Crippen LogP contribution in [-0.4, -0.2) is 41.0 Å². The first-order valence-electron chi connectivity index (χ1n) is 10.1. The highest BCUT2D eigenvalue weighted by Gasteiger charge is 2.10. The molecule has 1 amide bonds. The summed E-state index contributed by atoms with van der Waals surface area (Å²) in [5, 5.41) is 4.18. The molecule has 1 aromatic carbocycles. The summed E-state index contributed by atoms with van der Waals surface area (Å²) in [4.78, 5) is 26.3. The maximum absolute atomic E-state index is 12.6. The molecule has 3 aromatic heterocycles. The highest BCUT2D eigenvalue weighted by molar-refractivity contribution is 5.93. The lowest BCUT2D eigenvalue weighted by molar-refractivity contribution is 0.0949. The van der Waals surface area contributed by atoms with Crippen LogP contribution in [0, 0.1) is 0 Å². The third-order valence-corrected chi connectivity index (χ3v) is 5.26. The normalized spacial score (nSPS) is 10.8. The Morgan fingerprint density at radius 1 is 1.07 bits per heavy atom. The van der Waals surface area contributed by atoms with Gasteiger partial charge in [-0.25, -0.2) is 0 Å². The number of hydrogen-bond donors (Lipinski definition) is 2. The van der Waals surface area contributed by atoms with Crippen LogP contribution in [0.15, 0.2) is 73.3 Å². The fourth-order valence-corrected chi connectivity index (χ4v) is 3.50. The average Bonchev–Trinajstić information content (AvgIpc) is 3.21. The van der Waals surface area contributed by atoms with Gasteiger partial charge in [0.15, 0.2) is 0 Å². The van der Waals surface area contributed by atoms with Crippen LogP contribution >= 0.6 is 0 Å². The molecule has 0 unspecified atom stereocenters. The van der Waals surface area contributed by atoms with Crippen molar-refractivity contribution in [1.82, 2.24) is 20.3 Å². The number of aromatic nitrogens is 3. The lowest BCUT2D eigenvalue weighted by Gasteiger charge is -2.19. The molecule has 4 rings (SSSR count). The maximum Gasteiger partial charge on any atom is 0.269 e. The first kappa shape index (κ1) is 19.6. The second-order valence-electron chi connectivity index (χ2n) is 7.29. The van der Waals surface area contributed by atoms with E-state index in [1.165, 1.54) is 16.5 Å². The first-order valence-corrected chi connectivity index (χ1v) is 10.1. The number of nitrogens with zero attached hydrogens (tertiary/aromatic N) is 3. The molecule has 152 valence electrons. The standard InChI is InChI=1S/C24H25N5O/c1-29(15-10-18-6-11-25-12-7-18)20-9-14-26-23(16-20)24(30)27-13-8-19-17-28-22-5-3-2-4-21(19)22/h2-7,9,11-12,14,16-17,28H,8,10,13,15H2,1H3,(H,27,30). The van der Waals surface area contributed by atoms with Crippen LogP contribution in [0.2, 0.25) is 0 Å². The van der Waals surface area contributed by atoms with Crippen molar-refractivity contribution in [3.8, 4) is 0 Å². The van der Waals surface area contributed by atoms with Gasteiger partial charge >= 0.3 is 0 Å². The summed E-state index contributed by atoms with van der Waals surface area (Å²) in [5.41, 5.74) is 4.95. The second kappa shape index (κ2) is 9.22. The van der Waals surface area contributed by atoms with Gasteiger partial charge in [0.1, 0.15) is 5.69 Å². The Morgan fingerprint density at radius 3 is 2.77 bits per heavy atom. The second-order valence-corrected chi connectivity index (χ2v) is 7.29. The van der Waals surface area contributed by atoms with E-state index in [0.29, 0.717) is 12.2 Å². The monoisotopic (exact) mass is 399 g/mol. The Kier molecular flexibility index (Phi) is 6.03. The minimum atomic E-state index is -0.153. The molecule has 0 saturated carbocycles. The number of carbonyl (C=O) groups excluding carboxylic acids is 1. The summed E-state index contributed by atoms with van der Waals surface area (Å²) in [6, 6.07) is 16.0. The molecule has 6 heteroatoms. The summed E-state index contributed by atoms with van der Waals surface area (Å²) >= 11 is 0. The summed E-state index contributed by atoms with van der Waals surface area (Å²) < 4.78 is 0. The van der Waals surface area contributed by atoms with Crippen LogP contribution in [0.4, 0.5) is 5.69 Å². The van der Waals surface area contributed by atoms with Gasteiger partial charge in [0.2, 0.25) is 0 Å². The van der Waals surface area contributed by atoms with E-state index in [1.807, 2.05) is 49.6 Å². The molecule has 0 bridgehead atoms. The molecular weight excluding hydrogens is 374 g/mol. The summed E-state index contributed by atoms with van der Waals surface area (Å²) in [6.45, 7) is 1.40. The van der Waals surface area contributed by atoms with Crippen LogP contribution in [0.1, 0.15) is 21.6 Å². The molecule has 2 N–H and O–H groups in total. The molecular formula is C24H25N5O. The van der Waals surface area contributed by atoms with Crippen LogP contribution < -0.4 is 10.2 Å². The van der Waals surface area contributed by atoms with Gasteiger partial charge in [-0.1, -0.05) is 18.2 Å². The SMILES string of the molecule is CN(CCc1ccncc1)c1ccnc(C(=O)NCCc2c[nH]c3ccccc23)c1. The minimum absolute atomic E-state index is 0.153. The number of pyridine rings is 2. The Labute approximate surface area is 176 Å². The fraction of sp³-hybridized carbons (Fsp3) is 0.208. The van der Waals surface area contributed by atoms with Gasteiger partial charge in [0, 0.05) is 61.5 Å². The summed E-state index contributed by atoms with van der Waals surface area (Å²) in [7, 11) is 2.02. The molecule has 0 spiro atoms. The molecule has 4 aromatic rings. The third-order valence-electron chi connectivity index (χ3n) is 5.26. The maximum atomic E-state index is 12.6. The first-order chi connectivity index (χ1) is 14.7. The van der Waals surface area contributed by atoms with Crippen molar-refractivity contribution in [2.75, 3.05) is 25.0 Å². The molecule has 0 saturated heterocycles. The molecule has 0 aliphatic carbocycles. The lowest BCUT2D eigenvalue weighted by atomic mass is 10.1. The van der Waals surface area contributed by atoms with Crippen molar-refractivity contribution in [2.24, 2.45) is 0 Å². The minimum Gasteiger partial charge on any atom is -0.374 e. The predicted octanol–water partition coefficient (Wildman–Crippen LogP) is 3.61. The molecule has 6 nitrogen and oxygen atoms in total. The number of benzene rings is 1. The Bertz CT molecular complexity index is 1120. The molecule has 0 radical (unpaired) electrons. The molecule has 0 atom stereocenters. The summed E-state index contributed by atoms with van der Waals surface area (Å²) in [5.74, 6) is -0.153. The lowest BCUT2D eigenvalue weighted by Crippen LogP contribution is -2.27. The molecule has 0 aliphatic heterocycles. The van der Waals surface area contributed by atoms with E-state index < -0.39 is 0 Å². The van der Waals surface area contributed by atoms with E-state index in [4.69, 9.17) is 0 Å². The van der Waals surface area contributed by atoms with E-state index in [9.17, 15) is 4.79 Å². The quantitative estimate of drug-likeness (QED) is 0.475. The number of H-pyrrole nitrogens is 1. The van der Waals surface area contributed by atoms with E-state index in [2.05, 4.69) is 37.3 Å². The van der Waals surface area contributed by atoms with Crippen molar-refractivity contribution < 1.29 is 4.79 Å². The predicted molar refractivity (Wildman–Crippen MR) is 120 cm³/mol. The van der Waals surface area contributed by atoms with Gasteiger partial charge in [-0.05, 0) is 54.3 Å². The van der Waals surface area contributed by atoms with Gasteiger partial charge in [-0.15, -0.1) is 0 Å². The number of carbonyl (C=O) groups is 1. The van der Waals surface area contributed by atoms with Crippen LogP contribution in [-0.2, 0) is 12.8 Å². The number of amides is 1. The van der Waals surface area contributed by atoms with Crippen molar-refractivity contribution >= 4 is 22.5 Å². The number of para-hydroxylation sites is 1. The van der Waals surface area contributed by atoms with E-state index >= 15 is 0 Å². The molecule has 0 aliphatic rings. The Hall–Kier alpha value is -3.67. The number of hydrogen-bond acceptors (Lipinski definition) is 4. The smallest absolute Gasteiger partial charge is 0.269 e. The number of fused-ring (bicyclic) bond motifs is 1. The van der Waals surface area contributed by atoms with Crippen LogP contribution in [0.3, 0.4) is 0 Å². The van der Waals surface area contributed by atoms with Crippen molar-refractivity contribution in [1.29, 1.82) is 0 Å². The van der Waals surface area contributed by atoms with Crippen LogP contribution in [0.5, 0.6) is 0 Å². The highest BCUT2D eigenvalue weighted by atomic mass is 16.1. The zero-order valence-corrected chi connectivity index (χ0v) is 17.0. The third kappa shape index (κ3) is 4.66. The van der Waals surface area contributed by atoms with Crippen molar-refractivity contribution in [3.63, 3.8) is 0 Å². The van der Waals surface area contributed by atoms with Gasteiger partial charge in [0.05, 0.1) is 0 Å². The van der Waals surface area contributed by atoms with Crippen molar-refractivity contribution in [3.05, 3.63) is 90.1 Å². The Morgan fingerprint density at radius 2 is 1.90 bits per heavy atom. The van der Waals surface area contributed by atoms with Gasteiger partial charge < -0.3 is 15.2 Å². The highest BCUT2D eigenvalue weighted by Crippen LogP contribution is 2.18. The van der Waals surface area contributed by atoms with Gasteiger partial charge in [-0.2, -0.15) is 0 Å². The number of anilines is 1. The number of rotatable bonds is 8.